The average molecular weight is 416 g/mol. The van der Waals surface area contributed by atoms with Gasteiger partial charge >= 0.3 is 0 Å². The molecule has 1 unspecified atom stereocenters. The number of fused-ring (bicyclic) bond motifs is 1. The molecule has 4 N–H and O–H groups in total. The second-order valence-electron chi connectivity index (χ2n) is 9.19. The van der Waals surface area contributed by atoms with Gasteiger partial charge in [0.2, 0.25) is 11.8 Å². The molecule has 30 heavy (non-hydrogen) atoms. The minimum atomic E-state index is -0.682. The summed E-state index contributed by atoms with van der Waals surface area (Å²) in [6.45, 7) is 8.04. The quantitative estimate of drug-likeness (QED) is 0.567. The number of carbonyl (C=O) groups is 2. The second-order valence-corrected chi connectivity index (χ2v) is 9.19. The predicted octanol–water partition coefficient (Wildman–Crippen LogP) is 1.21. The highest BCUT2D eigenvalue weighted by Crippen LogP contribution is 2.29. The number of hydrogen-bond donors (Lipinski definition) is 4. The van der Waals surface area contributed by atoms with Gasteiger partial charge in [0, 0.05) is 24.3 Å². The lowest BCUT2D eigenvalue weighted by molar-refractivity contribution is -0.141. The van der Waals surface area contributed by atoms with Crippen molar-refractivity contribution in [2.45, 2.75) is 64.8 Å². The van der Waals surface area contributed by atoms with Crippen LogP contribution < -0.4 is 10.6 Å². The molecule has 164 valence electrons. The lowest BCUT2D eigenvalue weighted by atomic mass is 9.85. The van der Waals surface area contributed by atoms with Crippen molar-refractivity contribution in [1.29, 1.82) is 0 Å². The Morgan fingerprint density at radius 2 is 2.13 bits per heavy atom. The van der Waals surface area contributed by atoms with Gasteiger partial charge < -0.3 is 25.6 Å². The summed E-state index contributed by atoms with van der Waals surface area (Å²) >= 11 is 0. The number of carbonyl (C=O) groups excluding carboxylic acids is 2. The zero-order valence-corrected chi connectivity index (χ0v) is 18.4. The van der Waals surface area contributed by atoms with E-state index in [1.165, 1.54) is 0 Å². The van der Waals surface area contributed by atoms with E-state index in [1.807, 2.05) is 39.1 Å². The monoisotopic (exact) mass is 415 g/mol. The van der Waals surface area contributed by atoms with E-state index in [9.17, 15) is 14.7 Å². The Morgan fingerprint density at radius 3 is 2.80 bits per heavy atom. The third kappa shape index (κ3) is 4.49. The maximum atomic E-state index is 13.5. The van der Waals surface area contributed by atoms with Crippen molar-refractivity contribution >= 4 is 22.8 Å². The molecular weight excluding hydrogens is 382 g/mol. The zero-order chi connectivity index (χ0) is 22.1. The lowest BCUT2D eigenvalue weighted by Crippen LogP contribution is -2.58. The number of aliphatic hydroxyl groups excluding tert-OH is 1. The van der Waals surface area contributed by atoms with Gasteiger partial charge in [0.25, 0.3) is 0 Å². The standard InChI is InChI=1S/C22H33N5O3/c1-13(23-5)20(29)26-18(22(2,3)4)21(30)27-10-8-17(28)16(27)11-14-12-25-19-15(14)7-6-9-24-19/h6-7,9,12-13,16-18,23,28H,8,10-11H2,1-5H3,(H,24,25)(H,26,29)/t13-,16-,17?,18+/m0/s1. The minimum Gasteiger partial charge on any atom is -0.391 e. The Labute approximate surface area is 177 Å². The van der Waals surface area contributed by atoms with Crippen molar-refractivity contribution in [3.63, 3.8) is 0 Å². The zero-order valence-electron chi connectivity index (χ0n) is 18.4. The normalized spacial score (nSPS) is 21.6. The number of nitrogens with one attached hydrogen (secondary N) is 3. The molecule has 1 saturated heterocycles. The number of pyridine rings is 1. The lowest BCUT2D eigenvalue weighted by Gasteiger charge is -2.36. The number of amides is 2. The summed E-state index contributed by atoms with van der Waals surface area (Å²) in [7, 11) is 1.71. The topological polar surface area (TPSA) is 110 Å². The molecule has 0 aromatic carbocycles. The maximum Gasteiger partial charge on any atom is 0.246 e. The van der Waals surface area contributed by atoms with Crippen LogP contribution in [-0.4, -0.2) is 69.6 Å². The molecule has 1 fully saturated rings. The van der Waals surface area contributed by atoms with E-state index in [4.69, 9.17) is 0 Å². The van der Waals surface area contributed by atoms with E-state index in [2.05, 4.69) is 20.6 Å². The third-order valence-corrected chi connectivity index (χ3v) is 5.99. The predicted molar refractivity (Wildman–Crippen MR) is 116 cm³/mol. The molecule has 2 amide bonds. The van der Waals surface area contributed by atoms with Crippen LogP contribution in [0.3, 0.4) is 0 Å². The van der Waals surface area contributed by atoms with Crippen LogP contribution in [0.4, 0.5) is 0 Å². The summed E-state index contributed by atoms with van der Waals surface area (Å²) in [5, 5.41) is 17.5. The van der Waals surface area contributed by atoms with Gasteiger partial charge in [-0.2, -0.15) is 0 Å². The van der Waals surface area contributed by atoms with Crippen molar-refractivity contribution < 1.29 is 14.7 Å². The number of nitrogens with zero attached hydrogens (tertiary/aromatic N) is 2. The fourth-order valence-corrected chi connectivity index (χ4v) is 3.98. The number of rotatable bonds is 6. The van der Waals surface area contributed by atoms with Gasteiger partial charge in [-0.1, -0.05) is 20.8 Å². The molecule has 8 heteroatoms. The number of aliphatic hydroxyl groups is 1. The first kappa shape index (κ1) is 22.2. The molecule has 1 aliphatic heterocycles. The summed E-state index contributed by atoms with van der Waals surface area (Å²) in [5.74, 6) is -0.372. The molecule has 8 nitrogen and oxygen atoms in total. The van der Waals surface area contributed by atoms with Gasteiger partial charge in [0.05, 0.1) is 18.2 Å². The first-order valence-corrected chi connectivity index (χ1v) is 10.5. The number of aromatic amines is 1. The maximum absolute atomic E-state index is 13.5. The van der Waals surface area contributed by atoms with E-state index in [1.54, 1.807) is 25.1 Å². The number of hydrogen-bond acceptors (Lipinski definition) is 5. The number of H-pyrrole nitrogens is 1. The first-order valence-electron chi connectivity index (χ1n) is 10.5. The molecule has 1 aliphatic rings. The molecule has 3 rings (SSSR count). The second kappa shape index (κ2) is 8.73. The Kier molecular flexibility index (Phi) is 6.47. The van der Waals surface area contributed by atoms with Crippen LogP contribution in [0.15, 0.2) is 24.5 Å². The average Bonchev–Trinajstić information content (AvgIpc) is 3.28. The van der Waals surface area contributed by atoms with Crippen LogP contribution in [-0.2, 0) is 16.0 Å². The molecule has 2 aromatic heterocycles. The van der Waals surface area contributed by atoms with E-state index in [0.717, 1.165) is 16.6 Å². The highest BCUT2D eigenvalue weighted by Gasteiger charge is 2.43. The molecular formula is C22H33N5O3. The van der Waals surface area contributed by atoms with Crippen LogP contribution in [0.2, 0.25) is 0 Å². The van der Waals surface area contributed by atoms with Gasteiger partial charge in [0.1, 0.15) is 11.7 Å². The highest BCUT2D eigenvalue weighted by molar-refractivity contribution is 5.90. The summed E-state index contributed by atoms with van der Waals surface area (Å²) < 4.78 is 0. The van der Waals surface area contributed by atoms with Gasteiger partial charge in [-0.3, -0.25) is 9.59 Å². The summed E-state index contributed by atoms with van der Waals surface area (Å²) in [5.41, 5.74) is 1.34. The van der Waals surface area contributed by atoms with Gasteiger partial charge in [0.15, 0.2) is 0 Å². The minimum absolute atomic E-state index is 0.154. The molecule has 0 radical (unpaired) electrons. The fourth-order valence-electron chi connectivity index (χ4n) is 3.98. The molecule has 2 aromatic rings. The molecule has 0 saturated carbocycles. The molecule has 0 bridgehead atoms. The summed E-state index contributed by atoms with van der Waals surface area (Å²) in [4.78, 5) is 35.2. The van der Waals surface area contributed by atoms with Crippen molar-refractivity contribution in [3.8, 4) is 0 Å². The summed E-state index contributed by atoms with van der Waals surface area (Å²) in [6.07, 6.45) is 4.06. The number of likely N-dealkylation sites (tertiary alicyclic amines) is 1. The van der Waals surface area contributed by atoms with Crippen LogP contribution in [0.5, 0.6) is 0 Å². The van der Waals surface area contributed by atoms with Crippen molar-refractivity contribution in [2.75, 3.05) is 13.6 Å². The van der Waals surface area contributed by atoms with E-state index in [0.29, 0.717) is 19.4 Å². The largest absolute Gasteiger partial charge is 0.391 e. The Balaban J connectivity index is 1.83. The fraction of sp³-hybridized carbons (Fsp3) is 0.591. The van der Waals surface area contributed by atoms with Gasteiger partial charge in [-0.25, -0.2) is 4.98 Å². The van der Waals surface area contributed by atoms with Crippen LogP contribution in [0.25, 0.3) is 11.0 Å². The van der Waals surface area contributed by atoms with E-state index < -0.39 is 23.6 Å². The van der Waals surface area contributed by atoms with Crippen molar-refractivity contribution in [1.82, 2.24) is 25.5 Å². The van der Waals surface area contributed by atoms with Crippen LogP contribution >= 0.6 is 0 Å². The molecule has 3 heterocycles. The van der Waals surface area contributed by atoms with Gasteiger partial charge in [-0.15, -0.1) is 0 Å². The first-order chi connectivity index (χ1) is 14.1. The number of likely N-dealkylation sites (N-methyl/N-ethyl adjacent to an activating group) is 1. The van der Waals surface area contributed by atoms with Crippen LogP contribution in [0.1, 0.15) is 39.7 Å². The smallest absolute Gasteiger partial charge is 0.246 e. The van der Waals surface area contributed by atoms with Gasteiger partial charge in [-0.05, 0) is 49.9 Å². The van der Waals surface area contributed by atoms with Crippen LogP contribution in [0, 0.1) is 5.41 Å². The van der Waals surface area contributed by atoms with Crippen molar-refractivity contribution in [2.24, 2.45) is 5.41 Å². The highest BCUT2D eigenvalue weighted by atomic mass is 16.3. The molecule has 4 atom stereocenters. The molecule has 0 spiro atoms. The Hall–Kier alpha value is -2.45. The SMILES string of the molecule is CN[C@@H](C)C(=O)N[C@H](C(=O)N1CCC(O)[C@@H]1Cc1c[nH]c2ncccc12)C(C)(C)C. The molecule has 0 aliphatic carbocycles. The Morgan fingerprint density at radius 1 is 1.40 bits per heavy atom. The van der Waals surface area contributed by atoms with Crippen molar-refractivity contribution in [3.05, 3.63) is 30.1 Å². The number of aromatic nitrogens is 2. The van der Waals surface area contributed by atoms with E-state index in [-0.39, 0.29) is 17.9 Å². The Bertz CT molecular complexity index is 904. The third-order valence-electron chi connectivity index (χ3n) is 5.99. The summed E-state index contributed by atoms with van der Waals surface area (Å²) in [6, 6.07) is 2.43. The van der Waals surface area contributed by atoms with E-state index >= 15 is 0 Å².